The van der Waals surface area contributed by atoms with Crippen LogP contribution in [0.2, 0.25) is 0 Å². The zero-order chi connectivity index (χ0) is 23.0. The number of aromatic nitrogens is 3. The van der Waals surface area contributed by atoms with Gasteiger partial charge in [-0.2, -0.15) is 5.10 Å². The Morgan fingerprint density at radius 2 is 1.97 bits per heavy atom. The number of carboxylic acids is 1. The van der Waals surface area contributed by atoms with E-state index >= 15 is 0 Å². The average molecular weight is 437 g/mol. The van der Waals surface area contributed by atoms with E-state index in [2.05, 4.69) is 40.0 Å². The van der Waals surface area contributed by atoms with Crippen LogP contribution >= 0.6 is 0 Å². The van der Waals surface area contributed by atoms with Gasteiger partial charge < -0.3 is 14.6 Å². The first-order chi connectivity index (χ1) is 15.2. The summed E-state index contributed by atoms with van der Waals surface area (Å²) in [5, 5.41) is 15.1. The zero-order valence-electron chi connectivity index (χ0n) is 19.4. The smallest absolute Gasteiger partial charge is 0.309 e. The lowest BCUT2D eigenvalue weighted by atomic mass is 9.87. The molecule has 1 aromatic carbocycles. The van der Waals surface area contributed by atoms with Crippen molar-refractivity contribution in [2.75, 3.05) is 6.54 Å². The Morgan fingerprint density at radius 3 is 2.66 bits per heavy atom. The Hall–Kier alpha value is -3.09. The molecule has 3 heterocycles. The van der Waals surface area contributed by atoms with Crippen molar-refractivity contribution in [3.8, 4) is 0 Å². The van der Waals surface area contributed by atoms with E-state index in [9.17, 15) is 14.7 Å². The Morgan fingerprint density at radius 1 is 1.22 bits per heavy atom. The molecule has 2 aromatic heterocycles. The first kappa shape index (κ1) is 22.1. The van der Waals surface area contributed by atoms with E-state index in [1.807, 2.05) is 23.6 Å². The van der Waals surface area contributed by atoms with E-state index < -0.39 is 11.4 Å². The summed E-state index contributed by atoms with van der Waals surface area (Å²) in [6, 6.07) is 10.6. The van der Waals surface area contributed by atoms with Gasteiger partial charge in [-0.3, -0.25) is 14.3 Å². The first-order valence-corrected chi connectivity index (χ1v) is 11.3. The van der Waals surface area contributed by atoms with Crippen LogP contribution in [0.25, 0.3) is 10.9 Å². The van der Waals surface area contributed by atoms with Crippen LogP contribution < -0.4 is 0 Å². The van der Waals surface area contributed by atoms with Crippen molar-refractivity contribution >= 4 is 22.8 Å². The molecular formula is C25H32N4O3. The maximum absolute atomic E-state index is 13.0. The minimum atomic E-state index is -0.817. The second-order valence-electron chi connectivity index (χ2n) is 9.54. The number of aryl methyl sites for hydroxylation is 2. The Balaban J connectivity index is 1.56. The van der Waals surface area contributed by atoms with Crippen LogP contribution in [0.4, 0.5) is 0 Å². The molecule has 1 aliphatic rings. The Labute approximate surface area is 188 Å². The second-order valence-corrected chi connectivity index (χ2v) is 9.54. The lowest BCUT2D eigenvalue weighted by Gasteiger charge is -2.29. The maximum Gasteiger partial charge on any atom is 0.309 e. The quantitative estimate of drug-likeness (QED) is 0.609. The predicted octanol–water partition coefficient (Wildman–Crippen LogP) is 3.90. The molecule has 3 aromatic rings. The molecule has 0 saturated carbocycles. The van der Waals surface area contributed by atoms with Crippen LogP contribution in [0.1, 0.15) is 55.8 Å². The molecule has 0 spiro atoms. The van der Waals surface area contributed by atoms with Crippen molar-refractivity contribution in [3.63, 3.8) is 0 Å². The normalized spacial score (nSPS) is 14.1. The monoisotopic (exact) mass is 436 g/mol. The number of nitrogens with zero attached hydrogens (tertiary/aromatic N) is 4. The Kier molecular flexibility index (Phi) is 5.84. The molecule has 1 amide bonds. The molecule has 1 N–H and O–H groups in total. The summed E-state index contributed by atoms with van der Waals surface area (Å²) in [5.74, 6) is -0.715. The van der Waals surface area contributed by atoms with Gasteiger partial charge in [0.05, 0.1) is 29.9 Å². The van der Waals surface area contributed by atoms with Gasteiger partial charge in [0, 0.05) is 36.6 Å². The van der Waals surface area contributed by atoms with Crippen LogP contribution in [0.5, 0.6) is 0 Å². The number of carbonyl (C=O) groups excluding carboxylic acids is 1. The third-order valence-electron chi connectivity index (χ3n) is 6.71. The van der Waals surface area contributed by atoms with Gasteiger partial charge in [0.1, 0.15) is 0 Å². The van der Waals surface area contributed by atoms with Crippen LogP contribution in [-0.4, -0.2) is 42.8 Å². The molecule has 0 atom stereocenters. The number of para-hydroxylation sites is 1. The van der Waals surface area contributed by atoms with Crippen molar-refractivity contribution in [3.05, 3.63) is 53.0 Å². The minimum absolute atomic E-state index is 0.102. The first-order valence-electron chi connectivity index (χ1n) is 11.3. The highest BCUT2D eigenvalue weighted by molar-refractivity contribution is 5.86. The summed E-state index contributed by atoms with van der Waals surface area (Å²) >= 11 is 0. The summed E-state index contributed by atoms with van der Waals surface area (Å²) in [4.78, 5) is 26.2. The van der Waals surface area contributed by atoms with Crippen LogP contribution in [-0.2, 0) is 36.1 Å². The molecule has 0 radical (unpaired) electrons. The van der Waals surface area contributed by atoms with E-state index in [4.69, 9.17) is 0 Å². The third kappa shape index (κ3) is 4.16. The number of benzene rings is 1. The molecule has 0 saturated heterocycles. The zero-order valence-corrected chi connectivity index (χ0v) is 19.4. The molecule has 0 bridgehead atoms. The molecule has 170 valence electrons. The molecule has 4 rings (SSSR count). The topological polar surface area (TPSA) is 80.4 Å². The Bertz CT molecular complexity index is 1170. The maximum atomic E-state index is 13.0. The van der Waals surface area contributed by atoms with E-state index in [-0.39, 0.29) is 5.91 Å². The second kappa shape index (κ2) is 8.45. The summed E-state index contributed by atoms with van der Waals surface area (Å²) < 4.78 is 4.25. The number of carboxylic acid groups (broad SMARTS) is 1. The van der Waals surface area contributed by atoms with Crippen molar-refractivity contribution in [2.45, 2.75) is 59.5 Å². The van der Waals surface area contributed by atoms with Gasteiger partial charge in [-0.05, 0) is 57.7 Å². The lowest BCUT2D eigenvalue weighted by molar-refractivity contribution is -0.147. The fourth-order valence-corrected chi connectivity index (χ4v) is 4.71. The highest BCUT2D eigenvalue weighted by atomic mass is 16.4. The average Bonchev–Trinajstić information content (AvgIpc) is 3.24. The van der Waals surface area contributed by atoms with Crippen LogP contribution in [0.15, 0.2) is 30.3 Å². The van der Waals surface area contributed by atoms with Gasteiger partial charge >= 0.3 is 5.97 Å². The molecule has 0 fully saturated rings. The highest BCUT2D eigenvalue weighted by Gasteiger charge is 2.29. The van der Waals surface area contributed by atoms with Crippen molar-refractivity contribution in [2.24, 2.45) is 12.5 Å². The number of carbonyl (C=O) groups is 2. The number of hydrogen-bond acceptors (Lipinski definition) is 3. The van der Waals surface area contributed by atoms with Gasteiger partial charge in [0.2, 0.25) is 5.91 Å². The van der Waals surface area contributed by atoms with Gasteiger partial charge in [-0.15, -0.1) is 0 Å². The molecule has 1 aliphatic heterocycles. The van der Waals surface area contributed by atoms with Gasteiger partial charge in [0.15, 0.2) is 0 Å². The molecule has 32 heavy (non-hydrogen) atoms. The van der Waals surface area contributed by atoms with Crippen molar-refractivity contribution in [1.82, 2.24) is 19.2 Å². The summed E-state index contributed by atoms with van der Waals surface area (Å²) in [7, 11) is 1.97. The number of hydrogen-bond donors (Lipinski definition) is 1. The predicted molar refractivity (Wildman–Crippen MR) is 123 cm³/mol. The molecule has 0 aliphatic carbocycles. The number of fused-ring (bicyclic) bond motifs is 3. The summed E-state index contributed by atoms with van der Waals surface area (Å²) in [6.07, 6.45) is 2.29. The largest absolute Gasteiger partial charge is 0.481 e. The third-order valence-corrected chi connectivity index (χ3v) is 6.71. The van der Waals surface area contributed by atoms with Gasteiger partial charge in [-0.1, -0.05) is 18.2 Å². The van der Waals surface area contributed by atoms with E-state index in [0.717, 1.165) is 17.8 Å². The number of rotatable bonds is 7. The number of aliphatic carboxylic acids is 1. The SMILES string of the molecule is Cc1cc(Cn2c3c(c4ccccc42)CCN(C(=O)CCCC(C)(C)C(=O)O)C3)n(C)n1. The van der Waals surface area contributed by atoms with Gasteiger partial charge in [0.25, 0.3) is 0 Å². The van der Waals surface area contributed by atoms with E-state index in [0.29, 0.717) is 38.9 Å². The van der Waals surface area contributed by atoms with Crippen molar-refractivity contribution < 1.29 is 14.7 Å². The highest BCUT2D eigenvalue weighted by Crippen LogP contribution is 2.32. The number of amides is 1. The van der Waals surface area contributed by atoms with E-state index in [1.54, 1.807) is 13.8 Å². The molecule has 7 heteroatoms. The fourth-order valence-electron chi connectivity index (χ4n) is 4.71. The minimum Gasteiger partial charge on any atom is -0.481 e. The van der Waals surface area contributed by atoms with Crippen molar-refractivity contribution in [1.29, 1.82) is 0 Å². The summed E-state index contributed by atoms with van der Waals surface area (Å²) in [6.45, 7) is 7.42. The molecule has 7 nitrogen and oxygen atoms in total. The summed E-state index contributed by atoms with van der Waals surface area (Å²) in [5.41, 5.74) is 5.03. The van der Waals surface area contributed by atoms with Gasteiger partial charge in [-0.25, -0.2) is 0 Å². The van der Waals surface area contributed by atoms with E-state index in [1.165, 1.54) is 22.2 Å². The lowest BCUT2D eigenvalue weighted by Crippen LogP contribution is -2.36. The molecule has 0 unspecified atom stereocenters. The van der Waals surface area contributed by atoms with Crippen LogP contribution in [0, 0.1) is 12.3 Å². The molecular weight excluding hydrogens is 404 g/mol. The van der Waals surface area contributed by atoms with Crippen LogP contribution in [0.3, 0.4) is 0 Å². The fraction of sp³-hybridized carbons (Fsp3) is 0.480. The standard InChI is InChI=1S/C25H32N4O3/c1-17-14-18(27(4)26-17)15-29-21-9-6-5-8-19(21)20-11-13-28(16-22(20)29)23(30)10-7-12-25(2,3)24(31)32/h5-6,8-9,14H,7,10-13,15-16H2,1-4H3,(H,31,32).